The zero-order valence-corrected chi connectivity index (χ0v) is 20.6. The van der Waals surface area contributed by atoms with Crippen LogP contribution in [0.5, 0.6) is 0 Å². The van der Waals surface area contributed by atoms with Crippen molar-refractivity contribution in [2.75, 3.05) is 13.2 Å². The van der Waals surface area contributed by atoms with Crippen molar-refractivity contribution < 1.29 is 19.1 Å². The Morgan fingerprint density at radius 3 is 1.30 bits per heavy atom. The normalized spacial score (nSPS) is 23.3. The summed E-state index contributed by atoms with van der Waals surface area (Å²) < 4.78 is 11.2. The molecule has 0 N–H and O–H groups in total. The van der Waals surface area contributed by atoms with Crippen LogP contribution in [-0.4, -0.2) is 25.2 Å². The average Bonchev–Trinajstić information content (AvgIpc) is 2.70. The summed E-state index contributed by atoms with van der Waals surface area (Å²) in [6, 6.07) is 0. The highest BCUT2D eigenvalue weighted by molar-refractivity contribution is 5.75. The molecule has 1 aliphatic carbocycles. The average molecular weight is 425 g/mol. The van der Waals surface area contributed by atoms with Gasteiger partial charge in [-0.25, -0.2) is 0 Å². The van der Waals surface area contributed by atoms with Gasteiger partial charge < -0.3 is 9.47 Å². The highest BCUT2D eigenvalue weighted by Gasteiger charge is 2.32. The van der Waals surface area contributed by atoms with Gasteiger partial charge in [0.15, 0.2) is 0 Å². The molecule has 0 radical (unpaired) electrons. The van der Waals surface area contributed by atoms with Crippen molar-refractivity contribution in [3.8, 4) is 0 Å². The summed E-state index contributed by atoms with van der Waals surface area (Å²) in [5.41, 5.74) is 0. The Labute approximate surface area is 185 Å². The minimum absolute atomic E-state index is 0.0527. The van der Waals surface area contributed by atoms with Crippen LogP contribution in [-0.2, 0) is 19.1 Å². The second-order valence-electron chi connectivity index (χ2n) is 10.3. The fourth-order valence-corrected chi connectivity index (χ4v) is 4.98. The minimum Gasteiger partial charge on any atom is -0.465 e. The monoisotopic (exact) mass is 424 g/mol. The van der Waals surface area contributed by atoms with E-state index in [1.165, 1.54) is 25.7 Å². The molecule has 0 aromatic heterocycles. The number of ether oxygens (including phenoxy) is 2. The van der Waals surface area contributed by atoms with Crippen molar-refractivity contribution in [1.82, 2.24) is 0 Å². The van der Waals surface area contributed by atoms with Gasteiger partial charge in [0.2, 0.25) is 0 Å². The largest absolute Gasteiger partial charge is 0.465 e. The molecule has 4 nitrogen and oxygen atoms in total. The molecular weight excluding hydrogens is 376 g/mol. The maximum atomic E-state index is 12.4. The summed E-state index contributed by atoms with van der Waals surface area (Å²) >= 11 is 0. The van der Waals surface area contributed by atoms with Crippen LogP contribution in [0.15, 0.2) is 0 Å². The lowest BCUT2D eigenvalue weighted by molar-refractivity contribution is -0.156. The van der Waals surface area contributed by atoms with Gasteiger partial charge in [-0.1, -0.05) is 67.2 Å². The molecule has 1 saturated carbocycles. The lowest BCUT2D eigenvalue weighted by atomic mass is 9.82. The molecule has 1 rings (SSSR count). The second kappa shape index (κ2) is 14.9. The van der Waals surface area contributed by atoms with E-state index in [9.17, 15) is 9.59 Å². The molecule has 4 heteroatoms. The number of rotatable bonds is 14. The minimum atomic E-state index is -0.0738. The van der Waals surface area contributed by atoms with E-state index in [1.54, 1.807) is 0 Å². The third-order valence-corrected chi connectivity index (χ3v) is 6.59. The Balaban J connectivity index is 2.25. The number of hydrogen-bond donors (Lipinski definition) is 0. The molecule has 4 unspecified atom stereocenters. The number of carbonyl (C=O) groups is 2. The summed E-state index contributed by atoms with van der Waals surface area (Å²) in [5, 5.41) is 0. The summed E-state index contributed by atoms with van der Waals surface area (Å²) in [6.07, 6.45) is 10.0. The second-order valence-corrected chi connectivity index (χ2v) is 10.3. The van der Waals surface area contributed by atoms with Gasteiger partial charge in [0, 0.05) is 0 Å². The zero-order valence-electron chi connectivity index (χ0n) is 20.6. The SMILES string of the molecule is CCCC(C)CC(C)COC(=O)C1CCC(C(=O)OCC(C)CC(C)CCC)CC1. The van der Waals surface area contributed by atoms with E-state index in [4.69, 9.17) is 9.47 Å². The Morgan fingerprint density at radius 1 is 0.667 bits per heavy atom. The molecule has 0 saturated heterocycles. The van der Waals surface area contributed by atoms with Crippen LogP contribution >= 0.6 is 0 Å². The van der Waals surface area contributed by atoms with Crippen molar-refractivity contribution in [1.29, 1.82) is 0 Å². The molecule has 0 aromatic carbocycles. The number of hydrogen-bond acceptors (Lipinski definition) is 4. The molecule has 1 aliphatic rings. The zero-order chi connectivity index (χ0) is 22.5. The number of esters is 2. The van der Waals surface area contributed by atoms with Gasteiger partial charge in [-0.05, 0) is 62.2 Å². The van der Waals surface area contributed by atoms with Crippen molar-refractivity contribution in [3.63, 3.8) is 0 Å². The van der Waals surface area contributed by atoms with Crippen LogP contribution in [0.25, 0.3) is 0 Å². The third kappa shape index (κ3) is 10.8. The summed E-state index contributed by atoms with van der Waals surface area (Å²) in [5.74, 6) is 1.93. The summed E-state index contributed by atoms with van der Waals surface area (Å²) in [6.45, 7) is 14.3. The van der Waals surface area contributed by atoms with Gasteiger partial charge in [0.25, 0.3) is 0 Å². The highest BCUT2D eigenvalue weighted by atomic mass is 16.5. The first-order valence-electron chi connectivity index (χ1n) is 12.6. The van der Waals surface area contributed by atoms with E-state index in [0.29, 0.717) is 36.9 Å². The molecule has 1 fully saturated rings. The molecule has 4 atom stereocenters. The quantitative estimate of drug-likeness (QED) is 0.288. The standard InChI is InChI=1S/C26H48O4/c1-7-9-19(3)15-21(5)17-29-25(27)23-11-13-24(14-12-23)26(28)30-18-22(6)16-20(4)10-8-2/h19-24H,7-18H2,1-6H3. The topological polar surface area (TPSA) is 52.6 Å². The van der Waals surface area contributed by atoms with Crippen LogP contribution in [0.2, 0.25) is 0 Å². The molecule has 0 spiro atoms. The van der Waals surface area contributed by atoms with Crippen LogP contribution in [0.1, 0.15) is 106 Å². The van der Waals surface area contributed by atoms with Crippen molar-refractivity contribution >= 4 is 11.9 Å². The first kappa shape index (κ1) is 27.0. The lowest BCUT2D eigenvalue weighted by Gasteiger charge is -2.27. The predicted molar refractivity (Wildman–Crippen MR) is 123 cm³/mol. The molecule has 0 amide bonds. The molecule has 30 heavy (non-hydrogen) atoms. The third-order valence-electron chi connectivity index (χ3n) is 6.59. The summed E-state index contributed by atoms with van der Waals surface area (Å²) in [4.78, 5) is 24.8. The predicted octanol–water partition coefficient (Wildman–Crippen LogP) is 6.80. The maximum absolute atomic E-state index is 12.4. The highest BCUT2D eigenvalue weighted by Crippen LogP contribution is 2.31. The van der Waals surface area contributed by atoms with Crippen molar-refractivity contribution in [2.45, 2.75) is 106 Å². The van der Waals surface area contributed by atoms with Crippen molar-refractivity contribution in [3.05, 3.63) is 0 Å². The Kier molecular flexibility index (Phi) is 13.4. The van der Waals surface area contributed by atoms with Gasteiger partial charge in [0.05, 0.1) is 25.0 Å². The number of carbonyl (C=O) groups excluding carboxylic acids is 2. The lowest BCUT2D eigenvalue weighted by Crippen LogP contribution is -2.29. The molecule has 0 aliphatic heterocycles. The Bertz CT molecular complexity index is 437. The van der Waals surface area contributed by atoms with E-state index in [-0.39, 0.29) is 23.8 Å². The molecule has 176 valence electrons. The van der Waals surface area contributed by atoms with E-state index < -0.39 is 0 Å². The first-order chi connectivity index (χ1) is 14.3. The van der Waals surface area contributed by atoms with E-state index in [2.05, 4.69) is 41.5 Å². The Morgan fingerprint density at radius 2 is 1.00 bits per heavy atom. The van der Waals surface area contributed by atoms with Crippen LogP contribution in [0, 0.1) is 35.5 Å². The first-order valence-corrected chi connectivity index (χ1v) is 12.6. The van der Waals surface area contributed by atoms with Gasteiger partial charge in [-0.3, -0.25) is 9.59 Å². The Hall–Kier alpha value is -1.06. The van der Waals surface area contributed by atoms with Gasteiger partial charge in [0.1, 0.15) is 0 Å². The van der Waals surface area contributed by atoms with Crippen molar-refractivity contribution in [2.24, 2.45) is 35.5 Å². The van der Waals surface area contributed by atoms with Gasteiger partial charge in [-0.2, -0.15) is 0 Å². The fraction of sp³-hybridized carbons (Fsp3) is 0.923. The molecular formula is C26H48O4. The van der Waals surface area contributed by atoms with Gasteiger partial charge >= 0.3 is 11.9 Å². The molecule has 0 bridgehead atoms. The van der Waals surface area contributed by atoms with Crippen LogP contribution in [0.4, 0.5) is 0 Å². The fourth-order valence-electron chi connectivity index (χ4n) is 4.98. The van der Waals surface area contributed by atoms with E-state index in [1.807, 2.05) is 0 Å². The molecule has 0 heterocycles. The van der Waals surface area contributed by atoms with E-state index in [0.717, 1.165) is 38.5 Å². The van der Waals surface area contributed by atoms with Gasteiger partial charge in [-0.15, -0.1) is 0 Å². The molecule has 0 aromatic rings. The maximum Gasteiger partial charge on any atom is 0.308 e. The van der Waals surface area contributed by atoms with Crippen LogP contribution in [0.3, 0.4) is 0 Å². The van der Waals surface area contributed by atoms with E-state index >= 15 is 0 Å². The van der Waals surface area contributed by atoms with Crippen LogP contribution < -0.4 is 0 Å². The summed E-state index contributed by atoms with van der Waals surface area (Å²) in [7, 11) is 0. The smallest absolute Gasteiger partial charge is 0.308 e.